The van der Waals surface area contributed by atoms with E-state index in [2.05, 4.69) is 0 Å². The van der Waals surface area contributed by atoms with Gasteiger partial charge in [-0.2, -0.15) is 0 Å². The van der Waals surface area contributed by atoms with E-state index in [1.54, 1.807) is 6.92 Å². The fraction of sp³-hybridized carbons (Fsp3) is 0.889. The zero-order chi connectivity index (χ0) is 10.8. The maximum atomic E-state index is 10.3. The minimum absolute atomic E-state index is 0.251. The standard InChI is InChI=1S/C9H17NO4/c1-7(11)3-10-5-9(2,6-10)14-4-8(12)13/h7,11H,3-6H2,1-2H3,(H,12,13). The number of nitrogens with zero attached hydrogens (tertiary/aromatic N) is 1. The smallest absolute Gasteiger partial charge is 0.329 e. The van der Waals surface area contributed by atoms with E-state index < -0.39 is 5.97 Å². The Morgan fingerprint density at radius 2 is 2.21 bits per heavy atom. The summed E-state index contributed by atoms with van der Waals surface area (Å²) in [4.78, 5) is 12.3. The van der Waals surface area contributed by atoms with E-state index in [9.17, 15) is 4.79 Å². The molecule has 0 bridgehead atoms. The summed E-state index contributed by atoms with van der Waals surface area (Å²) >= 11 is 0. The summed E-state index contributed by atoms with van der Waals surface area (Å²) in [5.41, 5.74) is -0.354. The minimum Gasteiger partial charge on any atom is -0.480 e. The van der Waals surface area contributed by atoms with Crippen molar-refractivity contribution in [2.24, 2.45) is 0 Å². The Kier molecular flexibility index (Phi) is 3.47. The quantitative estimate of drug-likeness (QED) is 0.633. The molecule has 1 saturated heterocycles. The van der Waals surface area contributed by atoms with Gasteiger partial charge in [0.25, 0.3) is 0 Å². The van der Waals surface area contributed by atoms with Crippen LogP contribution in [-0.4, -0.2) is 59.0 Å². The van der Waals surface area contributed by atoms with Crippen molar-refractivity contribution in [3.63, 3.8) is 0 Å². The molecule has 0 amide bonds. The molecule has 5 heteroatoms. The average molecular weight is 203 g/mol. The Morgan fingerprint density at radius 3 is 2.64 bits per heavy atom. The number of rotatable bonds is 5. The van der Waals surface area contributed by atoms with Gasteiger partial charge in [0, 0.05) is 19.6 Å². The molecule has 14 heavy (non-hydrogen) atoms. The van der Waals surface area contributed by atoms with E-state index in [-0.39, 0.29) is 18.3 Å². The second kappa shape index (κ2) is 4.25. The Labute approximate surface area is 83.3 Å². The summed E-state index contributed by atoms with van der Waals surface area (Å²) in [6.45, 7) is 5.35. The Bertz CT molecular complexity index is 211. The van der Waals surface area contributed by atoms with Crippen LogP contribution in [0.3, 0.4) is 0 Å². The van der Waals surface area contributed by atoms with Crippen LogP contribution < -0.4 is 0 Å². The number of aliphatic hydroxyl groups is 1. The van der Waals surface area contributed by atoms with Crippen LogP contribution in [0, 0.1) is 0 Å². The number of carboxylic acid groups (broad SMARTS) is 1. The molecule has 0 aliphatic carbocycles. The van der Waals surface area contributed by atoms with Crippen LogP contribution in [0.5, 0.6) is 0 Å². The van der Waals surface area contributed by atoms with Gasteiger partial charge in [0.1, 0.15) is 6.61 Å². The average Bonchev–Trinajstić information content (AvgIpc) is 1.97. The molecule has 0 spiro atoms. The lowest BCUT2D eigenvalue weighted by Crippen LogP contribution is -2.62. The number of ether oxygens (including phenoxy) is 1. The largest absolute Gasteiger partial charge is 0.480 e. The fourth-order valence-corrected chi connectivity index (χ4v) is 1.73. The van der Waals surface area contributed by atoms with E-state index in [1.165, 1.54) is 0 Å². The molecule has 82 valence electrons. The van der Waals surface area contributed by atoms with E-state index in [1.807, 2.05) is 11.8 Å². The normalized spacial score (nSPS) is 22.8. The highest BCUT2D eigenvalue weighted by atomic mass is 16.5. The van der Waals surface area contributed by atoms with Crippen molar-refractivity contribution in [1.82, 2.24) is 4.90 Å². The third-order valence-corrected chi connectivity index (χ3v) is 2.18. The molecule has 2 N–H and O–H groups in total. The lowest BCUT2D eigenvalue weighted by molar-refractivity contribution is -0.166. The van der Waals surface area contributed by atoms with Crippen molar-refractivity contribution in [2.75, 3.05) is 26.2 Å². The zero-order valence-electron chi connectivity index (χ0n) is 8.56. The molecule has 1 rings (SSSR count). The first-order valence-corrected chi connectivity index (χ1v) is 4.67. The van der Waals surface area contributed by atoms with Crippen molar-refractivity contribution >= 4 is 5.97 Å². The van der Waals surface area contributed by atoms with Crippen molar-refractivity contribution in [3.05, 3.63) is 0 Å². The lowest BCUT2D eigenvalue weighted by Gasteiger charge is -2.47. The van der Waals surface area contributed by atoms with Gasteiger partial charge in [0.2, 0.25) is 0 Å². The van der Waals surface area contributed by atoms with Crippen LogP contribution in [0.25, 0.3) is 0 Å². The first-order chi connectivity index (χ1) is 6.41. The Hall–Kier alpha value is -0.650. The number of likely N-dealkylation sites (tertiary alicyclic amines) is 1. The molecule has 0 aromatic heterocycles. The number of aliphatic hydroxyl groups excluding tert-OH is 1. The van der Waals surface area contributed by atoms with Crippen LogP contribution in [-0.2, 0) is 9.53 Å². The maximum absolute atomic E-state index is 10.3. The van der Waals surface area contributed by atoms with Gasteiger partial charge in [0.15, 0.2) is 0 Å². The van der Waals surface area contributed by atoms with Gasteiger partial charge >= 0.3 is 5.97 Å². The van der Waals surface area contributed by atoms with Gasteiger partial charge in [-0.25, -0.2) is 4.79 Å². The molecule has 0 radical (unpaired) electrons. The minimum atomic E-state index is -0.944. The van der Waals surface area contributed by atoms with Crippen LogP contribution in [0.2, 0.25) is 0 Å². The van der Waals surface area contributed by atoms with E-state index in [4.69, 9.17) is 14.9 Å². The van der Waals surface area contributed by atoms with Crippen molar-refractivity contribution in [3.8, 4) is 0 Å². The molecule has 0 aromatic carbocycles. The fourth-order valence-electron chi connectivity index (χ4n) is 1.73. The van der Waals surface area contributed by atoms with E-state index >= 15 is 0 Å². The van der Waals surface area contributed by atoms with Gasteiger partial charge in [-0.15, -0.1) is 0 Å². The van der Waals surface area contributed by atoms with E-state index in [0.29, 0.717) is 19.6 Å². The zero-order valence-corrected chi connectivity index (χ0v) is 8.56. The predicted octanol–water partition coefficient (Wildman–Crippen LogP) is -0.457. The highest BCUT2D eigenvalue weighted by Crippen LogP contribution is 2.24. The first kappa shape index (κ1) is 11.4. The third-order valence-electron chi connectivity index (χ3n) is 2.18. The third kappa shape index (κ3) is 3.25. The van der Waals surface area contributed by atoms with Crippen LogP contribution in [0.1, 0.15) is 13.8 Å². The molecule has 1 unspecified atom stereocenters. The van der Waals surface area contributed by atoms with Crippen molar-refractivity contribution in [1.29, 1.82) is 0 Å². The molecule has 0 saturated carbocycles. The number of aliphatic carboxylic acids is 1. The molecular formula is C9H17NO4. The number of carbonyl (C=O) groups is 1. The van der Waals surface area contributed by atoms with Gasteiger partial charge in [0.05, 0.1) is 11.7 Å². The van der Waals surface area contributed by atoms with Crippen LogP contribution >= 0.6 is 0 Å². The molecular weight excluding hydrogens is 186 g/mol. The first-order valence-electron chi connectivity index (χ1n) is 4.67. The highest BCUT2D eigenvalue weighted by molar-refractivity contribution is 5.68. The summed E-state index contributed by atoms with van der Waals surface area (Å²) in [5, 5.41) is 17.5. The summed E-state index contributed by atoms with van der Waals surface area (Å²) < 4.78 is 5.22. The molecule has 1 atom stereocenters. The molecule has 0 aromatic rings. The Balaban J connectivity index is 2.20. The van der Waals surface area contributed by atoms with Gasteiger partial charge in [-0.05, 0) is 13.8 Å². The number of carboxylic acids is 1. The molecule has 1 aliphatic heterocycles. The van der Waals surface area contributed by atoms with Gasteiger partial charge in [-0.3, -0.25) is 4.90 Å². The topological polar surface area (TPSA) is 70.0 Å². The number of β-amino-alcohol motifs (C(OH)–C–C–N with tert-alkyl or cyclic N) is 1. The molecule has 1 heterocycles. The van der Waals surface area contributed by atoms with E-state index in [0.717, 1.165) is 0 Å². The van der Waals surface area contributed by atoms with Gasteiger partial charge in [-0.1, -0.05) is 0 Å². The highest BCUT2D eigenvalue weighted by Gasteiger charge is 2.40. The maximum Gasteiger partial charge on any atom is 0.329 e. The van der Waals surface area contributed by atoms with Crippen molar-refractivity contribution < 1.29 is 19.7 Å². The number of hydrogen-bond donors (Lipinski definition) is 2. The molecule has 1 aliphatic rings. The Morgan fingerprint density at radius 1 is 1.64 bits per heavy atom. The van der Waals surface area contributed by atoms with Crippen LogP contribution in [0.4, 0.5) is 0 Å². The molecule has 5 nitrogen and oxygen atoms in total. The second-order valence-electron chi connectivity index (χ2n) is 4.15. The summed E-state index contributed by atoms with van der Waals surface area (Å²) in [7, 11) is 0. The van der Waals surface area contributed by atoms with Crippen molar-refractivity contribution in [2.45, 2.75) is 25.6 Å². The SMILES string of the molecule is CC(O)CN1CC(C)(OCC(=O)O)C1. The van der Waals surface area contributed by atoms with Gasteiger partial charge < -0.3 is 14.9 Å². The second-order valence-corrected chi connectivity index (χ2v) is 4.15. The summed E-state index contributed by atoms with van der Waals surface area (Å²) in [6.07, 6.45) is -0.348. The van der Waals surface area contributed by atoms with Crippen LogP contribution in [0.15, 0.2) is 0 Å². The summed E-state index contributed by atoms with van der Waals surface area (Å²) in [6, 6.07) is 0. The molecule has 1 fully saturated rings. The monoisotopic (exact) mass is 203 g/mol. The predicted molar refractivity (Wildman–Crippen MR) is 50.1 cm³/mol. The lowest BCUT2D eigenvalue weighted by atomic mass is 9.96. The number of hydrogen-bond acceptors (Lipinski definition) is 4. The summed E-state index contributed by atoms with van der Waals surface area (Å²) in [5.74, 6) is -0.944.